The minimum Gasteiger partial charge on any atom is -0.468 e. The van der Waals surface area contributed by atoms with Gasteiger partial charge >= 0.3 is 0 Å². The van der Waals surface area contributed by atoms with Gasteiger partial charge in [-0.3, -0.25) is 19.2 Å². The summed E-state index contributed by atoms with van der Waals surface area (Å²) < 4.78 is 7.39. The number of nitrogens with zero attached hydrogens (tertiary/aromatic N) is 4. The van der Waals surface area contributed by atoms with Crippen molar-refractivity contribution in [2.24, 2.45) is 0 Å². The molecule has 2 aromatic heterocycles. The highest BCUT2D eigenvalue weighted by Crippen LogP contribution is 2.30. The molecule has 0 amide bonds. The maximum Gasteiger partial charge on any atom is 0.259 e. The van der Waals surface area contributed by atoms with Crippen LogP contribution < -0.4 is 10.5 Å². The lowest BCUT2D eigenvalue weighted by atomic mass is 10.0. The fourth-order valence-corrected chi connectivity index (χ4v) is 4.34. The quantitative estimate of drug-likeness (QED) is 0.441. The maximum atomic E-state index is 13.7. The van der Waals surface area contributed by atoms with Crippen LogP contribution in [0.5, 0.6) is 0 Å². The minimum atomic E-state index is 0.0133. The van der Waals surface area contributed by atoms with Crippen molar-refractivity contribution >= 4 is 11.6 Å². The first kappa shape index (κ1) is 21.2. The second-order valence-electron chi connectivity index (χ2n) is 8.76. The van der Waals surface area contributed by atoms with Crippen LogP contribution in [-0.2, 0) is 19.6 Å². The predicted molar refractivity (Wildman–Crippen MR) is 130 cm³/mol. The van der Waals surface area contributed by atoms with Gasteiger partial charge in [0.1, 0.15) is 5.76 Å². The van der Waals surface area contributed by atoms with Gasteiger partial charge in [0, 0.05) is 17.7 Å². The van der Waals surface area contributed by atoms with Crippen molar-refractivity contribution in [1.29, 1.82) is 0 Å². The molecule has 5 rings (SSSR count). The molecule has 0 radical (unpaired) electrons. The van der Waals surface area contributed by atoms with Gasteiger partial charge in [0.15, 0.2) is 0 Å². The van der Waals surface area contributed by atoms with Gasteiger partial charge in [-0.05, 0) is 61.7 Å². The van der Waals surface area contributed by atoms with Gasteiger partial charge in [-0.2, -0.15) is 0 Å². The summed E-state index contributed by atoms with van der Waals surface area (Å²) in [6.45, 7) is 7.85. The van der Waals surface area contributed by atoms with E-state index in [4.69, 9.17) is 9.40 Å². The summed E-state index contributed by atoms with van der Waals surface area (Å²) in [6.07, 6.45) is 2.25. The van der Waals surface area contributed by atoms with E-state index in [1.807, 2.05) is 49.4 Å². The molecule has 0 saturated heterocycles. The SMILES string of the molecule is Cc1ccc(N2CN(Cc3ccco3)Cn3c2nc(C)c(Cc2ccccc2)c3=O)cc1C. The lowest BCUT2D eigenvalue weighted by Gasteiger charge is -2.38. The third-order valence-corrected chi connectivity index (χ3v) is 6.36. The summed E-state index contributed by atoms with van der Waals surface area (Å²) in [5.74, 6) is 1.56. The van der Waals surface area contributed by atoms with E-state index in [1.165, 1.54) is 11.1 Å². The summed E-state index contributed by atoms with van der Waals surface area (Å²) in [5.41, 5.74) is 6.12. The zero-order valence-electron chi connectivity index (χ0n) is 19.3. The van der Waals surface area contributed by atoms with Crippen LogP contribution >= 0.6 is 0 Å². The van der Waals surface area contributed by atoms with E-state index >= 15 is 0 Å². The monoisotopic (exact) mass is 440 g/mol. The van der Waals surface area contributed by atoms with Crippen LogP contribution in [0, 0.1) is 20.8 Å². The van der Waals surface area contributed by atoms with Crippen LogP contribution in [0.2, 0.25) is 0 Å². The minimum absolute atomic E-state index is 0.0133. The van der Waals surface area contributed by atoms with Gasteiger partial charge in [0.05, 0.1) is 31.8 Å². The van der Waals surface area contributed by atoms with E-state index in [1.54, 1.807) is 10.8 Å². The largest absolute Gasteiger partial charge is 0.468 e. The summed E-state index contributed by atoms with van der Waals surface area (Å²) in [7, 11) is 0. The Kier molecular flexibility index (Phi) is 5.60. The molecule has 0 N–H and O–H groups in total. The first-order valence-corrected chi connectivity index (χ1v) is 11.2. The van der Waals surface area contributed by atoms with Crippen molar-refractivity contribution in [3.63, 3.8) is 0 Å². The molecule has 4 aromatic rings. The summed E-state index contributed by atoms with van der Waals surface area (Å²) in [5, 5.41) is 0. The molecule has 6 nitrogen and oxygen atoms in total. The first-order valence-electron chi connectivity index (χ1n) is 11.2. The number of benzene rings is 2. The number of hydrogen-bond acceptors (Lipinski definition) is 5. The highest BCUT2D eigenvalue weighted by atomic mass is 16.3. The summed E-state index contributed by atoms with van der Waals surface area (Å²) in [4.78, 5) is 23.0. The molecule has 6 heteroatoms. The van der Waals surface area contributed by atoms with Crippen molar-refractivity contribution < 1.29 is 4.42 Å². The smallest absolute Gasteiger partial charge is 0.259 e. The second-order valence-corrected chi connectivity index (χ2v) is 8.76. The Morgan fingerprint density at radius 2 is 1.76 bits per heavy atom. The van der Waals surface area contributed by atoms with Gasteiger partial charge in [-0.1, -0.05) is 36.4 Å². The Morgan fingerprint density at radius 1 is 0.939 bits per heavy atom. The van der Waals surface area contributed by atoms with Gasteiger partial charge in [-0.25, -0.2) is 4.98 Å². The molecule has 0 aliphatic carbocycles. The van der Waals surface area contributed by atoms with E-state index in [9.17, 15) is 4.79 Å². The number of hydrogen-bond donors (Lipinski definition) is 0. The molecule has 1 aliphatic rings. The molecule has 0 spiro atoms. The van der Waals surface area contributed by atoms with E-state index in [-0.39, 0.29) is 5.56 Å². The first-order chi connectivity index (χ1) is 16.0. The van der Waals surface area contributed by atoms with Crippen molar-refractivity contribution in [3.05, 3.63) is 111 Å². The lowest BCUT2D eigenvalue weighted by Crippen LogP contribution is -2.47. The van der Waals surface area contributed by atoms with E-state index < -0.39 is 0 Å². The zero-order valence-corrected chi connectivity index (χ0v) is 19.3. The summed E-state index contributed by atoms with van der Waals surface area (Å²) in [6, 6.07) is 20.3. The van der Waals surface area contributed by atoms with Crippen molar-refractivity contribution in [2.75, 3.05) is 11.6 Å². The standard InChI is InChI=1S/C27H28N4O2/c1-19-11-12-23(14-20(19)2)30-17-29(16-24-10-7-13-33-24)18-31-26(32)25(21(3)28-27(30)31)15-22-8-5-4-6-9-22/h4-14H,15-18H2,1-3H3. The fourth-order valence-electron chi connectivity index (χ4n) is 4.34. The van der Waals surface area contributed by atoms with Crippen LogP contribution in [0.1, 0.15) is 33.7 Å². The van der Waals surface area contributed by atoms with E-state index in [2.05, 4.69) is 41.8 Å². The molecule has 168 valence electrons. The Labute approximate surface area is 193 Å². The van der Waals surface area contributed by atoms with Crippen LogP contribution in [0.3, 0.4) is 0 Å². The normalized spacial score (nSPS) is 13.8. The molecule has 0 atom stereocenters. The fraction of sp³-hybridized carbons (Fsp3) is 0.259. The van der Waals surface area contributed by atoms with Crippen molar-refractivity contribution in [1.82, 2.24) is 14.5 Å². The number of aromatic nitrogens is 2. The van der Waals surface area contributed by atoms with Crippen LogP contribution in [0.15, 0.2) is 76.1 Å². The number of anilines is 2. The highest BCUT2D eigenvalue weighted by molar-refractivity contribution is 5.60. The molecule has 33 heavy (non-hydrogen) atoms. The van der Waals surface area contributed by atoms with Gasteiger partial charge in [0.2, 0.25) is 5.95 Å². The topological polar surface area (TPSA) is 54.5 Å². The Bertz CT molecular complexity index is 1330. The van der Waals surface area contributed by atoms with E-state index in [0.717, 1.165) is 28.3 Å². The van der Waals surface area contributed by atoms with Crippen LogP contribution in [0.4, 0.5) is 11.6 Å². The average Bonchev–Trinajstić information content (AvgIpc) is 3.32. The van der Waals surface area contributed by atoms with Gasteiger partial charge < -0.3 is 4.42 Å². The van der Waals surface area contributed by atoms with Crippen LogP contribution in [-0.4, -0.2) is 21.1 Å². The second kappa shape index (κ2) is 8.71. The number of fused-ring (bicyclic) bond motifs is 1. The molecule has 2 aromatic carbocycles. The zero-order chi connectivity index (χ0) is 22.9. The van der Waals surface area contributed by atoms with Crippen LogP contribution in [0.25, 0.3) is 0 Å². The maximum absolute atomic E-state index is 13.7. The molecule has 0 bridgehead atoms. The summed E-state index contributed by atoms with van der Waals surface area (Å²) >= 11 is 0. The van der Waals surface area contributed by atoms with Crippen molar-refractivity contribution in [3.8, 4) is 0 Å². The Hall–Kier alpha value is -3.64. The average molecular weight is 441 g/mol. The molecule has 1 aliphatic heterocycles. The highest BCUT2D eigenvalue weighted by Gasteiger charge is 2.28. The molecular formula is C27H28N4O2. The molecule has 0 fully saturated rings. The molecular weight excluding hydrogens is 412 g/mol. The third-order valence-electron chi connectivity index (χ3n) is 6.36. The van der Waals surface area contributed by atoms with Gasteiger partial charge in [0.25, 0.3) is 5.56 Å². The van der Waals surface area contributed by atoms with Gasteiger partial charge in [-0.15, -0.1) is 0 Å². The Morgan fingerprint density at radius 3 is 2.48 bits per heavy atom. The third kappa shape index (κ3) is 4.22. The van der Waals surface area contributed by atoms with E-state index in [0.29, 0.717) is 32.3 Å². The number of rotatable bonds is 5. The Balaban J connectivity index is 1.59. The predicted octanol–water partition coefficient (Wildman–Crippen LogP) is 4.92. The number of furan rings is 1. The molecule has 3 heterocycles. The van der Waals surface area contributed by atoms with Crippen molar-refractivity contribution in [2.45, 2.75) is 40.4 Å². The molecule has 0 unspecified atom stereocenters. The number of aryl methyl sites for hydroxylation is 3. The lowest BCUT2D eigenvalue weighted by molar-refractivity contribution is 0.176. The molecule has 0 saturated carbocycles.